The van der Waals surface area contributed by atoms with Crippen molar-refractivity contribution in [3.63, 3.8) is 0 Å². The minimum Gasteiger partial charge on any atom is -0.387 e. The first-order valence-electron chi connectivity index (χ1n) is 7.45. The molecule has 4 nitrogen and oxygen atoms in total. The molecular formula is C17H20N2O2S. The summed E-state index contributed by atoms with van der Waals surface area (Å²) < 4.78 is 0. The average molecular weight is 316 g/mol. The first-order chi connectivity index (χ1) is 10.7. The largest absolute Gasteiger partial charge is 0.387 e. The highest BCUT2D eigenvalue weighted by Crippen LogP contribution is 2.26. The van der Waals surface area contributed by atoms with E-state index in [-0.39, 0.29) is 6.03 Å². The van der Waals surface area contributed by atoms with Crippen LogP contribution in [0.3, 0.4) is 0 Å². The van der Waals surface area contributed by atoms with E-state index in [1.165, 1.54) is 5.39 Å². The molecule has 0 saturated carbocycles. The Labute approximate surface area is 134 Å². The van der Waals surface area contributed by atoms with E-state index >= 15 is 0 Å². The van der Waals surface area contributed by atoms with Crippen LogP contribution < -0.4 is 10.6 Å². The fourth-order valence-electron chi connectivity index (χ4n) is 2.67. The van der Waals surface area contributed by atoms with Gasteiger partial charge in [-0.3, -0.25) is 0 Å². The van der Waals surface area contributed by atoms with Crippen LogP contribution in [-0.4, -0.2) is 34.8 Å². The Balaban J connectivity index is 1.56. The standard InChI is InChI=1S/C17H20N2O2S/c20-16(19-11-17(21)8-9-22-12-17)18-10-14-6-3-5-13-4-1-2-7-15(13)14/h1-7,21H,8-12H2,(H2,18,19,20). The fraction of sp³-hybridized carbons (Fsp3) is 0.353. The molecule has 3 N–H and O–H groups in total. The highest BCUT2D eigenvalue weighted by atomic mass is 32.2. The molecule has 2 aromatic rings. The van der Waals surface area contributed by atoms with Gasteiger partial charge in [0, 0.05) is 18.8 Å². The Hall–Kier alpha value is -1.72. The van der Waals surface area contributed by atoms with E-state index in [1.54, 1.807) is 11.8 Å². The zero-order chi connectivity index (χ0) is 15.4. The van der Waals surface area contributed by atoms with Crippen molar-refractivity contribution in [2.45, 2.75) is 18.6 Å². The number of hydrogen-bond donors (Lipinski definition) is 3. The number of carbonyl (C=O) groups excluding carboxylic acids is 1. The van der Waals surface area contributed by atoms with Gasteiger partial charge >= 0.3 is 6.03 Å². The number of hydrogen-bond acceptors (Lipinski definition) is 3. The van der Waals surface area contributed by atoms with Gasteiger partial charge in [-0.1, -0.05) is 42.5 Å². The third-order valence-corrected chi connectivity index (χ3v) is 5.21. The van der Waals surface area contributed by atoms with Crippen molar-refractivity contribution in [2.75, 3.05) is 18.1 Å². The lowest BCUT2D eigenvalue weighted by Crippen LogP contribution is -2.46. The van der Waals surface area contributed by atoms with E-state index < -0.39 is 5.60 Å². The molecule has 0 spiro atoms. The van der Waals surface area contributed by atoms with Crippen LogP contribution in [0.2, 0.25) is 0 Å². The summed E-state index contributed by atoms with van der Waals surface area (Å²) in [6.07, 6.45) is 0.737. The molecule has 0 bridgehead atoms. The summed E-state index contributed by atoms with van der Waals surface area (Å²) in [5.74, 6) is 1.65. The summed E-state index contributed by atoms with van der Waals surface area (Å²) in [6, 6.07) is 14.0. The Morgan fingerprint density at radius 3 is 2.82 bits per heavy atom. The molecule has 1 fully saturated rings. The van der Waals surface area contributed by atoms with Crippen molar-refractivity contribution in [2.24, 2.45) is 0 Å². The number of thioether (sulfide) groups is 1. The SMILES string of the molecule is O=C(NCc1cccc2ccccc12)NCC1(O)CCSC1. The second kappa shape index (κ2) is 6.58. The molecule has 2 amide bonds. The van der Waals surface area contributed by atoms with Crippen molar-refractivity contribution < 1.29 is 9.90 Å². The van der Waals surface area contributed by atoms with Crippen molar-refractivity contribution in [1.29, 1.82) is 0 Å². The lowest BCUT2D eigenvalue weighted by Gasteiger charge is -2.21. The Kier molecular flexibility index (Phi) is 4.55. The monoisotopic (exact) mass is 316 g/mol. The predicted octanol–water partition coefficient (Wildman–Crippen LogP) is 2.51. The third kappa shape index (κ3) is 3.54. The van der Waals surface area contributed by atoms with Crippen LogP contribution in [0.25, 0.3) is 10.8 Å². The van der Waals surface area contributed by atoms with Crippen LogP contribution in [-0.2, 0) is 6.54 Å². The number of aliphatic hydroxyl groups is 1. The molecule has 1 heterocycles. The number of urea groups is 1. The number of rotatable bonds is 4. The van der Waals surface area contributed by atoms with Crippen LogP contribution in [0.5, 0.6) is 0 Å². The quantitative estimate of drug-likeness (QED) is 0.812. The van der Waals surface area contributed by atoms with Gasteiger partial charge < -0.3 is 15.7 Å². The molecule has 2 aromatic carbocycles. The topological polar surface area (TPSA) is 61.4 Å². The molecule has 1 saturated heterocycles. The van der Waals surface area contributed by atoms with Gasteiger partial charge in [-0.2, -0.15) is 11.8 Å². The van der Waals surface area contributed by atoms with E-state index in [9.17, 15) is 9.90 Å². The number of carbonyl (C=O) groups is 1. The fourth-order valence-corrected chi connectivity index (χ4v) is 3.96. The normalized spacial score (nSPS) is 21.0. The Bertz CT molecular complexity index is 663. The van der Waals surface area contributed by atoms with E-state index in [0.717, 1.165) is 23.1 Å². The predicted molar refractivity (Wildman–Crippen MR) is 91.1 cm³/mol. The van der Waals surface area contributed by atoms with E-state index in [4.69, 9.17) is 0 Å². The van der Waals surface area contributed by atoms with Gasteiger partial charge in [0.05, 0.1) is 5.60 Å². The number of amides is 2. The average Bonchev–Trinajstić information content (AvgIpc) is 2.98. The van der Waals surface area contributed by atoms with Crippen molar-refractivity contribution in [1.82, 2.24) is 10.6 Å². The van der Waals surface area contributed by atoms with Crippen molar-refractivity contribution in [3.8, 4) is 0 Å². The summed E-state index contributed by atoms with van der Waals surface area (Å²) in [7, 11) is 0. The van der Waals surface area contributed by atoms with Crippen molar-refractivity contribution >= 4 is 28.6 Å². The van der Waals surface area contributed by atoms with Crippen LogP contribution in [0.15, 0.2) is 42.5 Å². The molecule has 116 valence electrons. The molecular weight excluding hydrogens is 296 g/mol. The van der Waals surface area contributed by atoms with Gasteiger partial charge in [0.25, 0.3) is 0 Å². The summed E-state index contributed by atoms with van der Waals surface area (Å²) in [4.78, 5) is 11.9. The number of fused-ring (bicyclic) bond motifs is 1. The molecule has 1 aliphatic heterocycles. The summed E-state index contributed by atoms with van der Waals surface area (Å²) in [6.45, 7) is 0.779. The minimum atomic E-state index is -0.749. The smallest absolute Gasteiger partial charge is 0.315 e. The minimum absolute atomic E-state index is 0.238. The Morgan fingerprint density at radius 1 is 1.18 bits per heavy atom. The lowest BCUT2D eigenvalue weighted by atomic mass is 10.0. The molecule has 0 aromatic heterocycles. The van der Waals surface area contributed by atoms with Crippen LogP contribution in [0.4, 0.5) is 4.79 Å². The van der Waals surface area contributed by atoms with Crippen LogP contribution in [0, 0.1) is 0 Å². The molecule has 1 unspecified atom stereocenters. The van der Waals surface area contributed by atoms with E-state index in [0.29, 0.717) is 18.8 Å². The third-order valence-electron chi connectivity index (χ3n) is 3.98. The number of nitrogens with one attached hydrogen (secondary N) is 2. The molecule has 0 aliphatic carbocycles. The first kappa shape index (κ1) is 15.2. The highest BCUT2D eigenvalue weighted by Gasteiger charge is 2.31. The van der Waals surface area contributed by atoms with Gasteiger partial charge in [-0.15, -0.1) is 0 Å². The molecule has 3 rings (SSSR count). The Morgan fingerprint density at radius 2 is 2.00 bits per heavy atom. The summed E-state index contributed by atoms with van der Waals surface area (Å²) >= 11 is 1.72. The van der Waals surface area contributed by atoms with Gasteiger partial charge in [0.15, 0.2) is 0 Å². The highest BCUT2D eigenvalue weighted by molar-refractivity contribution is 7.99. The second-order valence-electron chi connectivity index (χ2n) is 5.70. The molecule has 5 heteroatoms. The first-order valence-corrected chi connectivity index (χ1v) is 8.60. The van der Waals surface area contributed by atoms with Crippen LogP contribution >= 0.6 is 11.8 Å². The molecule has 1 aliphatic rings. The second-order valence-corrected chi connectivity index (χ2v) is 6.81. The zero-order valence-electron chi connectivity index (χ0n) is 12.3. The van der Waals surface area contributed by atoms with Gasteiger partial charge in [-0.05, 0) is 28.5 Å². The maximum absolute atomic E-state index is 11.9. The molecule has 1 atom stereocenters. The maximum Gasteiger partial charge on any atom is 0.315 e. The van der Waals surface area contributed by atoms with Gasteiger partial charge in [0.2, 0.25) is 0 Å². The van der Waals surface area contributed by atoms with Crippen LogP contribution in [0.1, 0.15) is 12.0 Å². The zero-order valence-corrected chi connectivity index (χ0v) is 13.2. The molecule has 22 heavy (non-hydrogen) atoms. The lowest BCUT2D eigenvalue weighted by molar-refractivity contribution is 0.0700. The number of benzene rings is 2. The van der Waals surface area contributed by atoms with E-state index in [2.05, 4.69) is 28.8 Å². The molecule has 0 radical (unpaired) electrons. The summed E-state index contributed by atoms with van der Waals surface area (Å²) in [5, 5.41) is 18.2. The van der Waals surface area contributed by atoms with Crippen molar-refractivity contribution in [3.05, 3.63) is 48.0 Å². The maximum atomic E-state index is 11.9. The van der Waals surface area contributed by atoms with Gasteiger partial charge in [0.1, 0.15) is 0 Å². The van der Waals surface area contributed by atoms with Gasteiger partial charge in [-0.25, -0.2) is 4.79 Å². The van der Waals surface area contributed by atoms with E-state index in [1.807, 2.05) is 24.3 Å². The summed E-state index contributed by atoms with van der Waals surface area (Å²) in [5.41, 5.74) is 0.338.